The number of aliphatic hydroxyl groups is 6. The number of hydrogen-bond donors (Lipinski definition) is 7. The van der Waals surface area contributed by atoms with E-state index < -0.39 is 55.6 Å². The lowest BCUT2D eigenvalue weighted by Gasteiger charge is -2.40. The van der Waals surface area contributed by atoms with E-state index in [0.717, 1.165) is 97.1 Å². The third kappa shape index (κ3) is 20.4. The molecule has 0 radical (unpaired) electrons. The van der Waals surface area contributed by atoms with Crippen LogP contribution in [0.1, 0.15) is 148 Å². The molecule has 2 saturated heterocycles. The van der Waals surface area contributed by atoms with Crippen molar-refractivity contribution in [3.63, 3.8) is 0 Å². The Bertz CT molecular complexity index is 831. The molecule has 2 aliphatic rings. The third-order valence-electron chi connectivity index (χ3n) is 10.4. The molecule has 0 aromatic heterocycles. The van der Waals surface area contributed by atoms with Gasteiger partial charge in [0.25, 0.3) is 0 Å². The van der Waals surface area contributed by atoms with Crippen molar-refractivity contribution < 1.29 is 54.4 Å². The van der Waals surface area contributed by atoms with Crippen molar-refractivity contribution >= 4 is 5.91 Å². The summed E-state index contributed by atoms with van der Waals surface area (Å²) in [5.41, 5.74) is 0. The molecule has 0 aromatic rings. The minimum absolute atomic E-state index is 0.256. The van der Waals surface area contributed by atoms with Crippen molar-refractivity contribution in [2.75, 3.05) is 39.6 Å². The predicted molar refractivity (Wildman–Crippen MR) is 196 cm³/mol. The number of ether oxygens (including phenoxy) is 4. The lowest BCUT2D eigenvalue weighted by molar-refractivity contribution is -0.303. The van der Waals surface area contributed by atoms with E-state index in [1.165, 1.54) is 51.4 Å². The molecule has 7 N–H and O–H groups in total. The zero-order valence-electron chi connectivity index (χ0n) is 31.7. The molecule has 12 nitrogen and oxygen atoms in total. The largest absolute Gasteiger partial charge is 0.394 e. The van der Waals surface area contributed by atoms with E-state index >= 15 is 0 Å². The van der Waals surface area contributed by atoms with Gasteiger partial charge in [-0.05, 0) is 38.0 Å². The topological polar surface area (TPSA) is 187 Å². The standard InChI is InChI=1S/C39H75NO11/c1-2-3-4-5-6-7-8-9-10-11-14-17-20-32(42)35(44)31(29-50-39-38(47)37(46)36(45)33(27-41)51-39)40-34(43)21-18-15-12-13-16-19-24-49-28-30-22-25-48-26-23-30/h30-33,35-39,41-42,44-47H,2-29H2,1H3,(H,40,43)/t31-,32+,33?,35-,36?,37?,38?,39?/m0/s1. The molecule has 0 aliphatic carbocycles. The van der Waals surface area contributed by atoms with E-state index in [1.807, 2.05) is 0 Å². The molecule has 2 heterocycles. The van der Waals surface area contributed by atoms with Gasteiger partial charge >= 0.3 is 0 Å². The highest BCUT2D eigenvalue weighted by molar-refractivity contribution is 5.76. The first-order chi connectivity index (χ1) is 24.8. The summed E-state index contributed by atoms with van der Waals surface area (Å²) in [5, 5.41) is 64.9. The summed E-state index contributed by atoms with van der Waals surface area (Å²) in [6, 6.07) is -1.00. The van der Waals surface area contributed by atoms with Gasteiger partial charge in [-0.3, -0.25) is 4.79 Å². The Labute approximate surface area is 308 Å². The fourth-order valence-corrected chi connectivity index (χ4v) is 6.90. The molecule has 2 rings (SSSR count). The number of amides is 1. The van der Waals surface area contributed by atoms with Crippen molar-refractivity contribution in [1.29, 1.82) is 0 Å². The van der Waals surface area contributed by atoms with Crippen LogP contribution in [0.25, 0.3) is 0 Å². The van der Waals surface area contributed by atoms with E-state index in [0.29, 0.717) is 18.8 Å². The van der Waals surface area contributed by atoms with Crippen LogP contribution in [0.4, 0.5) is 0 Å². The molecular weight excluding hydrogens is 658 g/mol. The van der Waals surface area contributed by atoms with E-state index in [-0.39, 0.29) is 18.9 Å². The quantitative estimate of drug-likeness (QED) is 0.0505. The highest BCUT2D eigenvalue weighted by Crippen LogP contribution is 2.23. The zero-order valence-corrected chi connectivity index (χ0v) is 31.7. The maximum atomic E-state index is 12.9. The first-order valence-corrected chi connectivity index (χ1v) is 20.5. The summed E-state index contributed by atoms with van der Waals surface area (Å²) in [6.07, 6.45) is 13.1. The number of aliphatic hydroxyl groups excluding tert-OH is 6. The predicted octanol–water partition coefficient (Wildman–Crippen LogP) is 4.27. The van der Waals surface area contributed by atoms with E-state index in [1.54, 1.807) is 0 Å². The SMILES string of the molecule is CCCCCCCCCCCCCC[C@@H](O)[C@@H](O)[C@H](COC1OC(CO)C(O)C(O)C1O)NC(=O)CCCCCCCCOCC1CCOCC1. The smallest absolute Gasteiger partial charge is 0.220 e. The molecule has 0 saturated carbocycles. The van der Waals surface area contributed by atoms with Crippen molar-refractivity contribution in [1.82, 2.24) is 5.32 Å². The summed E-state index contributed by atoms with van der Waals surface area (Å²) >= 11 is 0. The first kappa shape index (κ1) is 46.2. The summed E-state index contributed by atoms with van der Waals surface area (Å²) < 4.78 is 22.3. The molecule has 0 bridgehead atoms. The second kappa shape index (κ2) is 29.4. The third-order valence-corrected chi connectivity index (χ3v) is 10.4. The normalized spacial score (nSPS) is 24.7. The van der Waals surface area contributed by atoms with Gasteiger partial charge in [-0.15, -0.1) is 0 Å². The number of carbonyl (C=O) groups is 1. The van der Waals surface area contributed by atoms with Gasteiger partial charge in [0.15, 0.2) is 6.29 Å². The average Bonchev–Trinajstić information content (AvgIpc) is 3.14. The zero-order chi connectivity index (χ0) is 37.1. The molecule has 0 spiro atoms. The van der Waals surface area contributed by atoms with Gasteiger partial charge in [0.2, 0.25) is 5.91 Å². The van der Waals surface area contributed by atoms with Crippen LogP contribution >= 0.6 is 0 Å². The molecule has 302 valence electrons. The van der Waals surface area contributed by atoms with Gasteiger partial charge in [-0.2, -0.15) is 0 Å². The van der Waals surface area contributed by atoms with Crippen molar-refractivity contribution in [3.8, 4) is 0 Å². The number of carbonyl (C=O) groups excluding carboxylic acids is 1. The van der Waals surface area contributed by atoms with Crippen LogP contribution in [0, 0.1) is 5.92 Å². The molecule has 12 heteroatoms. The van der Waals surface area contributed by atoms with Gasteiger partial charge in [0.1, 0.15) is 30.5 Å². The summed E-state index contributed by atoms with van der Waals surface area (Å²) in [7, 11) is 0. The number of hydrogen-bond acceptors (Lipinski definition) is 11. The Kier molecular flexibility index (Phi) is 26.7. The first-order valence-electron chi connectivity index (χ1n) is 20.5. The molecule has 5 unspecified atom stereocenters. The van der Waals surface area contributed by atoms with Crippen LogP contribution in [0.2, 0.25) is 0 Å². The van der Waals surface area contributed by atoms with Gasteiger partial charge < -0.3 is 54.9 Å². The second-order valence-corrected chi connectivity index (χ2v) is 14.9. The Balaban J connectivity index is 1.70. The lowest BCUT2D eigenvalue weighted by atomic mass is 9.98. The second-order valence-electron chi connectivity index (χ2n) is 14.9. The van der Waals surface area contributed by atoms with Gasteiger partial charge in [-0.1, -0.05) is 110 Å². The fourth-order valence-electron chi connectivity index (χ4n) is 6.90. The van der Waals surface area contributed by atoms with Crippen molar-refractivity contribution in [3.05, 3.63) is 0 Å². The van der Waals surface area contributed by atoms with Crippen LogP contribution in [0.15, 0.2) is 0 Å². The minimum atomic E-state index is -1.61. The highest BCUT2D eigenvalue weighted by atomic mass is 16.7. The van der Waals surface area contributed by atoms with E-state index in [9.17, 15) is 35.4 Å². The monoisotopic (exact) mass is 734 g/mol. The van der Waals surface area contributed by atoms with Crippen LogP contribution in [-0.2, 0) is 23.7 Å². The molecule has 1 amide bonds. The fraction of sp³-hybridized carbons (Fsp3) is 0.974. The number of unbranched alkanes of at least 4 members (excludes halogenated alkanes) is 16. The maximum absolute atomic E-state index is 12.9. The average molecular weight is 734 g/mol. The molecule has 2 aliphatic heterocycles. The van der Waals surface area contributed by atoms with Crippen molar-refractivity contribution in [2.24, 2.45) is 5.92 Å². The van der Waals surface area contributed by atoms with Crippen LogP contribution in [0.3, 0.4) is 0 Å². The Morgan fingerprint density at radius 2 is 1.33 bits per heavy atom. The molecular formula is C39H75NO11. The maximum Gasteiger partial charge on any atom is 0.220 e. The lowest BCUT2D eigenvalue weighted by Crippen LogP contribution is -2.60. The molecule has 2 fully saturated rings. The Hall–Kier alpha value is -0.930. The van der Waals surface area contributed by atoms with Crippen LogP contribution < -0.4 is 5.32 Å². The summed E-state index contributed by atoms with van der Waals surface area (Å²) in [4.78, 5) is 12.9. The van der Waals surface area contributed by atoms with Gasteiger partial charge in [-0.25, -0.2) is 0 Å². The van der Waals surface area contributed by atoms with Crippen LogP contribution in [0.5, 0.6) is 0 Å². The van der Waals surface area contributed by atoms with Crippen molar-refractivity contribution in [2.45, 2.75) is 197 Å². The van der Waals surface area contributed by atoms with E-state index in [4.69, 9.17) is 18.9 Å². The number of nitrogens with one attached hydrogen (secondary N) is 1. The van der Waals surface area contributed by atoms with Gasteiger partial charge in [0, 0.05) is 32.8 Å². The molecule has 0 aromatic carbocycles. The Morgan fingerprint density at radius 1 is 0.765 bits per heavy atom. The minimum Gasteiger partial charge on any atom is -0.394 e. The van der Waals surface area contributed by atoms with Crippen LogP contribution in [-0.4, -0.2) is 125 Å². The number of rotatable bonds is 31. The Morgan fingerprint density at radius 3 is 1.94 bits per heavy atom. The highest BCUT2D eigenvalue weighted by Gasteiger charge is 2.44. The summed E-state index contributed by atoms with van der Waals surface area (Å²) in [6.45, 7) is 4.59. The van der Waals surface area contributed by atoms with Gasteiger partial charge in [0.05, 0.1) is 25.4 Å². The molecule has 8 atom stereocenters. The molecule has 51 heavy (non-hydrogen) atoms. The summed E-state index contributed by atoms with van der Waals surface area (Å²) in [5.74, 6) is 0.336. The van der Waals surface area contributed by atoms with E-state index in [2.05, 4.69) is 12.2 Å².